The lowest BCUT2D eigenvalue weighted by atomic mass is 10.0. The molecule has 1 aliphatic heterocycles. The Bertz CT molecular complexity index is 440. The van der Waals surface area contributed by atoms with Crippen molar-refractivity contribution in [1.82, 2.24) is 0 Å². The number of fused-ring (bicyclic) bond motifs is 1. The fourth-order valence-corrected chi connectivity index (χ4v) is 1.53. The first-order valence-electron chi connectivity index (χ1n) is 4.67. The summed E-state index contributed by atoms with van der Waals surface area (Å²) in [5, 5.41) is 10.9. The molecule has 0 unspecified atom stereocenters. The lowest BCUT2D eigenvalue weighted by molar-refractivity contribution is -0.385. The van der Waals surface area contributed by atoms with Crippen molar-refractivity contribution in [3.8, 4) is 11.5 Å². The normalized spacial score (nSPS) is 14.0. The van der Waals surface area contributed by atoms with Crippen molar-refractivity contribution >= 4 is 18.1 Å². The zero-order chi connectivity index (χ0) is 11.7. The predicted octanol–water partition coefficient (Wildman–Crippen LogP) is 0.704. The molecule has 7 nitrogen and oxygen atoms in total. The van der Waals surface area contributed by atoms with Crippen LogP contribution in [-0.4, -0.2) is 18.3 Å². The Kier molecular flexibility index (Phi) is 4.11. The quantitative estimate of drug-likeness (QED) is 0.612. The molecule has 0 bridgehead atoms. The number of halogens is 1. The van der Waals surface area contributed by atoms with Crippen molar-refractivity contribution in [2.75, 3.05) is 13.3 Å². The van der Waals surface area contributed by atoms with Crippen LogP contribution in [0.5, 0.6) is 11.5 Å². The van der Waals surface area contributed by atoms with E-state index in [-0.39, 0.29) is 31.4 Å². The zero-order valence-electron chi connectivity index (χ0n) is 8.79. The highest BCUT2D eigenvalue weighted by atomic mass is 35.5. The molecule has 0 aliphatic carbocycles. The van der Waals surface area contributed by atoms with Crippen LogP contribution in [0.1, 0.15) is 11.6 Å². The van der Waals surface area contributed by atoms with Gasteiger partial charge >= 0.3 is 0 Å². The number of rotatable bonds is 3. The van der Waals surface area contributed by atoms with E-state index in [9.17, 15) is 10.1 Å². The summed E-state index contributed by atoms with van der Waals surface area (Å²) in [4.78, 5) is 10.3. The Hall–Kier alpha value is -1.57. The molecule has 1 atom stereocenters. The summed E-state index contributed by atoms with van der Waals surface area (Å²) in [6.45, 7) is 0.189. The van der Waals surface area contributed by atoms with Gasteiger partial charge in [0.2, 0.25) is 6.79 Å². The summed E-state index contributed by atoms with van der Waals surface area (Å²) < 4.78 is 10.2. The molecule has 0 amide bonds. The molecular weight excluding hydrogens is 250 g/mol. The second-order valence-electron chi connectivity index (χ2n) is 3.36. The van der Waals surface area contributed by atoms with E-state index in [1.165, 1.54) is 12.1 Å². The van der Waals surface area contributed by atoms with E-state index in [0.717, 1.165) is 0 Å². The Labute approximate surface area is 103 Å². The SMILES string of the molecule is Cl.NC[C@H](N)c1cc2c(cc1[N+](=O)[O-])OCO2. The minimum atomic E-state index is -0.588. The molecule has 0 saturated heterocycles. The van der Waals surface area contributed by atoms with Gasteiger partial charge in [0, 0.05) is 12.6 Å². The smallest absolute Gasteiger partial charge is 0.278 e. The third kappa shape index (κ3) is 2.41. The lowest BCUT2D eigenvalue weighted by Gasteiger charge is -2.10. The summed E-state index contributed by atoms with van der Waals surface area (Å²) >= 11 is 0. The Morgan fingerprint density at radius 2 is 2.00 bits per heavy atom. The first-order valence-corrected chi connectivity index (χ1v) is 4.67. The molecule has 0 saturated carbocycles. The molecule has 1 aromatic carbocycles. The van der Waals surface area contributed by atoms with Gasteiger partial charge in [-0.25, -0.2) is 0 Å². The largest absolute Gasteiger partial charge is 0.454 e. The minimum absolute atomic E-state index is 0. The summed E-state index contributed by atoms with van der Waals surface area (Å²) in [6.07, 6.45) is 0. The monoisotopic (exact) mass is 261 g/mol. The third-order valence-corrected chi connectivity index (χ3v) is 2.37. The van der Waals surface area contributed by atoms with Gasteiger partial charge in [-0.2, -0.15) is 0 Å². The van der Waals surface area contributed by atoms with Crippen molar-refractivity contribution in [3.63, 3.8) is 0 Å². The van der Waals surface area contributed by atoms with Gasteiger partial charge in [-0.15, -0.1) is 12.4 Å². The van der Waals surface area contributed by atoms with E-state index in [0.29, 0.717) is 17.1 Å². The van der Waals surface area contributed by atoms with Crippen LogP contribution in [0.2, 0.25) is 0 Å². The number of nitrogens with two attached hydrogens (primary N) is 2. The lowest BCUT2D eigenvalue weighted by Crippen LogP contribution is -2.21. The number of hydrogen-bond donors (Lipinski definition) is 2. The van der Waals surface area contributed by atoms with Gasteiger partial charge in [0.15, 0.2) is 11.5 Å². The maximum absolute atomic E-state index is 10.9. The van der Waals surface area contributed by atoms with Gasteiger partial charge in [-0.3, -0.25) is 10.1 Å². The third-order valence-electron chi connectivity index (χ3n) is 2.37. The number of nitrogens with zero attached hydrogens (tertiary/aromatic N) is 1. The van der Waals surface area contributed by atoms with Crippen molar-refractivity contribution in [2.24, 2.45) is 11.5 Å². The van der Waals surface area contributed by atoms with Gasteiger partial charge in [-0.1, -0.05) is 0 Å². The van der Waals surface area contributed by atoms with E-state index in [1.807, 2.05) is 0 Å². The Balaban J connectivity index is 0.00000144. The summed E-state index contributed by atoms with van der Waals surface area (Å²) in [5.74, 6) is 0.823. The average Bonchev–Trinajstić information content (AvgIpc) is 2.73. The highest BCUT2D eigenvalue weighted by Crippen LogP contribution is 2.39. The highest BCUT2D eigenvalue weighted by Gasteiger charge is 2.25. The average molecular weight is 262 g/mol. The van der Waals surface area contributed by atoms with Gasteiger partial charge in [0.1, 0.15) is 0 Å². The molecule has 0 fully saturated rings. The van der Waals surface area contributed by atoms with Crippen LogP contribution < -0.4 is 20.9 Å². The maximum Gasteiger partial charge on any atom is 0.278 e. The first-order chi connectivity index (χ1) is 7.63. The number of ether oxygens (including phenoxy) is 2. The van der Waals surface area contributed by atoms with Crippen LogP contribution in [0.3, 0.4) is 0 Å². The van der Waals surface area contributed by atoms with E-state index < -0.39 is 11.0 Å². The summed E-state index contributed by atoms with van der Waals surface area (Å²) in [7, 11) is 0. The van der Waals surface area contributed by atoms with Gasteiger partial charge in [-0.05, 0) is 6.07 Å². The molecular formula is C9H12ClN3O4. The van der Waals surface area contributed by atoms with Crippen LogP contribution >= 0.6 is 12.4 Å². The van der Waals surface area contributed by atoms with E-state index in [1.54, 1.807) is 0 Å². The van der Waals surface area contributed by atoms with Crippen LogP contribution in [0.25, 0.3) is 0 Å². The number of nitro benzene ring substituents is 1. The molecule has 1 heterocycles. The zero-order valence-corrected chi connectivity index (χ0v) is 9.61. The van der Waals surface area contributed by atoms with Crippen LogP contribution in [0.15, 0.2) is 12.1 Å². The molecule has 0 spiro atoms. The molecule has 8 heteroatoms. The number of benzene rings is 1. The predicted molar refractivity (Wildman–Crippen MR) is 62.5 cm³/mol. The molecule has 2 rings (SSSR count). The highest BCUT2D eigenvalue weighted by molar-refractivity contribution is 5.85. The van der Waals surface area contributed by atoms with Gasteiger partial charge in [0.05, 0.1) is 16.6 Å². The molecule has 1 aromatic rings. The molecule has 94 valence electrons. The van der Waals surface area contributed by atoms with Crippen molar-refractivity contribution < 1.29 is 14.4 Å². The minimum Gasteiger partial charge on any atom is -0.454 e. The molecule has 0 radical (unpaired) electrons. The van der Waals surface area contributed by atoms with Crippen molar-refractivity contribution in [2.45, 2.75) is 6.04 Å². The number of nitro groups is 1. The van der Waals surface area contributed by atoms with E-state index in [4.69, 9.17) is 20.9 Å². The van der Waals surface area contributed by atoms with Gasteiger partial charge in [0.25, 0.3) is 5.69 Å². The van der Waals surface area contributed by atoms with E-state index in [2.05, 4.69) is 0 Å². The molecule has 4 N–H and O–H groups in total. The summed E-state index contributed by atoms with van der Waals surface area (Å²) in [5.41, 5.74) is 11.4. The Morgan fingerprint density at radius 3 is 2.53 bits per heavy atom. The second-order valence-corrected chi connectivity index (χ2v) is 3.36. The summed E-state index contributed by atoms with van der Waals surface area (Å²) in [6, 6.07) is 2.24. The van der Waals surface area contributed by atoms with Crippen LogP contribution in [0, 0.1) is 10.1 Å². The molecule has 17 heavy (non-hydrogen) atoms. The van der Waals surface area contributed by atoms with Crippen LogP contribution in [-0.2, 0) is 0 Å². The molecule has 1 aliphatic rings. The van der Waals surface area contributed by atoms with E-state index >= 15 is 0 Å². The standard InChI is InChI=1S/C9H11N3O4.ClH/c10-3-6(11)5-1-8-9(16-4-15-8)2-7(5)12(13)14;/h1-2,6H,3-4,10-11H2;1H/t6-;/m0./s1. The van der Waals surface area contributed by atoms with Gasteiger partial charge < -0.3 is 20.9 Å². The van der Waals surface area contributed by atoms with Crippen molar-refractivity contribution in [1.29, 1.82) is 0 Å². The fourth-order valence-electron chi connectivity index (χ4n) is 1.53. The topological polar surface area (TPSA) is 114 Å². The first kappa shape index (κ1) is 13.5. The number of hydrogen-bond acceptors (Lipinski definition) is 6. The second kappa shape index (κ2) is 5.17. The van der Waals surface area contributed by atoms with Crippen molar-refractivity contribution in [3.05, 3.63) is 27.8 Å². The Morgan fingerprint density at radius 1 is 1.41 bits per heavy atom. The van der Waals surface area contributed by atoms with Crippen LogP contribution in [0.4, 0.5) is 5.69 Å². The molecule has 0 aromatic heterocycles. The maximum atomic E-state index is 10.9. The fraction of sp³-hybridized carbons (Fsp3) is 0.333.